The maximum absolute atomic E-state index is 12.8. The van der Waals surface area contributed by atoms with E-state index in [2.05, 4.69) is 0 Å². The molecule has 4 nitrogen and oxygen atoms in total. The first-order valence-corrected chi connectivity index (χ1v) is 9.40. The van der Waals surface area contributed by atoms with Gasteiger partial charge >= 0.3 is 5.97 Å². The van der Waals surface area contributed by atoms with Crippen molar-refractivity contribution < 1.29 is 14.3 Å². The molecule has 1 aliphatic rings. The third-order valence-electron chi connectivity index (χ3n) is 3.58. The molecule has 1 fully saturated rings. The van der Waals surface area contributed by atoms with Crippen LogP contribution in [0.1, 0.15) is 22.8 Å². The average Bonchev–Trinajstić information content (AvgIpc) is 2.91. The molecule has 26 heavy (non-hydrogen) atoms. The second-order valence-corrected chi connectivity index (χ2v) is 7.45. The van der Waals surface area contributed by atoms with Crippen molar-refractivity contribution in [2.45, 2.75) is 6.92 Å². The van der Waals surface area contributed by atoms with Gasteiger partial charge in [0, 0.05) is 5.02 Å². The molecule has 1 amide bonds. The van der Waals surface area contributed by atoms with Crippen molar-refractivity contribution in [3.8, 4) is 0 Å². The van der Waals surface area contributed by atoms with E-state index in [4.69, 9.17) is 28.6 Å². The lowest BCUT2D eigenvalue weighted by Crippen LogP contribution is -2.27. The van der Waals surface area contributed by atoms with E-state index in [0.29, 0.717) is 25.5 Å². The summed E-state index contributed by atoms with van der Waals surface area (Å²) in [4.78, 5) is 26.7. The summed E-state index contributed by atoms with van der Waals surface area (Å²) >= 11 is 12.5. The first-order valence-electron chi connectivity index (χ1n) is 7.80. The highest BCUT2D eigenvalue weighted by molar-refractivity contribution is 8.27. The number of carbonyl (C=O) groups excluding carboxylic acids is 2. The molecule has 0 spiro atoms. The number of anilines is 1. The Balaban J connectivity index is 1.89. The summed E-state index contributed by atoms with van der Waals surface area (Å²) in [6.45, 7) is 2.03. The van der Waals surface area contributed by atoms with Crippen molar-refractivity contribution in [2.75, 3.05) is 11.5 Å². The van der Waals surface area contributed by atoms with Crippen LogP contribution < -0.4 is 4.90 Å². The summed E-state index contributed by atoms with van der Waals surface area (Å²) in [5.41, 5.74) is 1.77. The molecule has 1 aliphatic heterocycles. The molecular formula is C19H14ClNO3S2. The maximum Gasteiger partial charge on any atom is 0.338 e. The maximum atomic E-state index is 12.8. The number of thiocarbonyl (C=S) groups is 1. The van der Waals surface area contributed by atoms with Crippen molar-refractivity contribution >= 4 is 63.5 Å². The Bertz CT molecular complexity index is 909. The van der Waals surface area contributed by atoms with Crippen LogP contribution in [0.3, 0.4) is 0 Å². The van der Waals surface area contributed by atoms with Gasteiger partial charge in [0.25, 0.3) is 5.91 Å². The van der Waals surface area contributed by atoms with Gasteiger partial charge in [-0.2, -0.15) is 0 Å². The minimum Gasteiger partial charge on any atom is -0.462 e. The molecule has 0 atom stereocenters. The van der Waals surface area contributed by atoms with Crippen molar-refractivity contribution in [1.29, 1.82) is 0 Å². The predicted molar refractivity (Wildman–Crippen MR) is 110 cm³/mol. The van der Waals surface area contributed by atoms with Gasteiger partial charge in [0.2, 0.25) is 0 Å². The fraction of sp³-hybridized carbons (Fsp3) is 0.105. The molecule has 0 bridgehead atoms. The van der Waals surface area contributed by atoms with Gasteiger partial charge in [-0.3, -0.25) is 9.69 Å². The molecule has 0 saturated carbocycles. The number of ether oxygens (including phenoxy) is 1. The van der Waals surface area contributed by atoms with E-state index < -0.39 is 5.97 Å². The quantitative estimate of drug-likeness (QED) is 0.412. The third kappa shape index (κ3) is 3.98. The molecule has 2 aromatic rings. The smallest absolute Gasteiger partial charge is 0.338 e. The van der Waals surface area contributed by atoms with Gasteiger partial charge < -0.3 is 4.74 Å². The lowest BCUT2D eigenvalue weighted by atomic mass is 10.2. The third-order valence-corrected chi connectivity index (χ3v) is 5.13. The van der Waals surface area contributed by atoms with Crippen LogP contribution in [-0.2, 0) is 9.53 Å². The summed E-state index contributed by atoms with van der Waals surface area (Å²) in [7, 11) is 0. The number of hydrogen-bond acceptors (Lipinski definition) is 5. The molecule has 0 radical (unpaired) electrons. The van der Waals surface area contributed by atoms with Gasteiger partial charge in [-0.1, -0.05) is 53.8 Å². The standard InChI is InChI=1S/C19H14ClNO3S2/c1-2-24-18(23)13-4-3-5-15(11-13)21-17(22)16(26-19(21)25)10-12-6-8-14(20)9-7-12/h3-11H,2H2,1H3/b16-10+. The Hall–Kier alpha value is -2.15. The van der Waals surface area contributed by atoms with E-state index in [1.165, 1.54) is 16.7 Å². The Labute approximate surface area is 165 Å². The van der Waals surface area contributed by atoms with Crippen LogP contribution in [0, 0.1) is 0 Å². The number of nitrogens with zero attached hydrogens (tertiary/aromatic N) is 1. The highest BCUT2D eigenvalue weighted by Gasteiger charge is 2.33. The second-order valence-electron chi connectivity index (χ2n) is 5.34. The average molecular weight is 404 g/mol. The summed E-state index contributed by atoms with van der Waals surface area (Å²) in [6, 6.07) is 13.9. The van der Waals surface area contributed by atoms with E-state index in [-0.39, 0.29) is 12.5 Å². The largest absolute Gasteiger partial charge is 0.462 e. The van der Waals surface area contributed by atoms with Crippen LogP contribution >= 0.6 is 35.6 Å². The Morgan fingerprint density at radius 3 is 2.69 bits per heavy atom. The Kier molecular flexibility index (Phi) is 5.76. The zero-order valence-corrected chi connectivity index (χ0v) is 16.2. The van der Waals surface area contributed by atoms with Gasteiger partial charge in [0.05, 0.1) is 22.8 Å². The van der Waals surface area contributed by atoms with E-state index >= 15 is 0 Å². The highest BCUT2D eigenvalue weighted by atomic mass is 35.5. The van der Waals surface area contributed by atoms with Crippen LogP contribution in [0.25, 0.3) is 6.08 Å². The van der Waals surface area contributed by atoms with Gasteiger partial charge in [0.15, 0.2) is 4.32 Å². The van der Waals surface area contributed by atoms with Crippen LogP contribution in [0.2, 0.25) is 5.02 Å². The minimum atomic E-state index is -0.434. The van der Waals surface area contributed by atoms with Crippen LogP contribution in [0.15, 0.2) is 53.4 Å². The topological polar surface area (TPSA) is 46.6 Å². The van der Waals surface area contributed by atoms with E-state index in [1.54, 1.807) is 49.4 Å². The minimum absolute atomic E-state index is 0.226. The molecule has 0 aromatic heterocycles. The molecule has 132 valence electrons. The highest BCUT2D eigenvalue weighted by Crippen LogP contribution is 2.36. The van der Waals surface area contributed by atoms with Gasteiger partial charge in [-0.25, -0.2) is 4.79 Å². The van der Waals surface area contributed by atoms with Gasteiger partial charge in [0.1, 0.15) is 0 Å². The van der Waals surface area contributed by atoms with E-state index in [1.807, 2.05) is 12.1 Å². The summed E-state index contributed by atoms with van der Waals surface area (Å²) in [6.07, 6.45) is 1.77. The lowest BCUT2D eigenvalue weighted by molar-refractivity contribution is -0.113. The monoisotopic (exact) mass is 403 g/mol. The summed E-state index contributed by atoms with van der Waals surface area (Å²) in [5.74, 6) is -0.660. The normalized spacial score (nSPS) is 15.6. The van der Waals surface area contributed by atoms with Crippen molar-refractivity contribution in [2.24, 2.45) is 0 Å². The molecular weight excluding hydrogens is 390 g/mol. The number of esters is 1. The molecule has 3 rings (SSSR count). The number of thioether (sulfide) groups is 1. The van der Waals surface area contributed by atoms with Gasteiger partial charge in [-0.05, 0) is 48.9 Å². The molecule has 7 heteroatoms. The summed E-state index contributed by atoms with van der Waals surface area (Å²) < 4.78 is 5.42. The fourth-order valence-electron chi connectivity index (χ4n) is 2.39. The van der Waals surface area contributed by atoms with Crippen molar-refractivity contribution in [3.05, 3.63) is 69.6 Å². The predicted octanol–water partition coefficient (Wildman–Crippen LogP) is 4.92. The van der Waals surface area contributed by atoms with E-state index in [9.17, 15) is 9.59 Å². The first kappa shape index (κ1) is 18.6. The second kappa shape index (κ2) is 8.03. The lowest BCUT2D eigenvalue weighted by Gasteiger charge is -2.15. The molecule has 0 N–H and O–H groups in total. The first-order chi connectivity index (χ1) is 12.5. The Morgan fingerprint density at radius 1 is 1.27 bits per heavy atom. The number of rotatable bonds is 4. The van der Waals surface area contributed by atoms with Crippen molar-refractivity contribution in [3.63, 3.8) is 0 Å². The molecule has 2 aromatic carbocycles. The SMILES string of the molecule is CCOC(=O)c1cccc(N2C(=O)/C(=C\c3ccc(Cl)cc3)SC2=S)c1. The summed E-state index contributed by atoms with van der Waals surface area (Å²) in [5, 5.41) is 0.630. The van der Waals surface area contributed by atoms with E-state index in [0.717, 1.165) is 5.56 Å². The molecule has 1 heterocycles. The molecule has 0 unspecified atom stereocenters. The van der Waals surface area contributed by atoms with Gasteiger partial charge in [-0.15, -0.1) is 0 Å². The van der Waals surface area contributed by atoms with Crippen LogP contribution in [0.4, 0.5) is 5.69 Å². The number of halogens is 1. The zero-order valence-electron chi connectivity index (χ0n) is 13.8. The number of amides is 1. The van der Waals surface area contributed by atoms with Crippen LogP contribution in [0.5, 0.6) is 0 Å². The molecule has 0 aliphatic carbocycles. The number of hydrogen-bond donors (Lipinski definition) is 0. The number of carbonyl (C=O) groups is 2. The zero-order chi connectivity index (χ0) is 18.7. The van der Waals surface area contributed by atoms with Crippen LogP contribution in [-0.4, -0.2) is 22.8 Å². The van der Waals surface area contributed by atoms with Crippen molar-refractivity contribution in [1.82, 2.24) is 0 Å². The molecule has 1 saturated heterocycles. The number of benzene rings is 2. The Morgan fingerprint density at radius 2 is 2.00 bits per heavy atom. The fourth-order valence-corrected chi connectivity index (χ4v) is 3.81.